The van der Waals surface area contributed by atoms with Gasteiger partial charge in [-0.05, 0) is 55.1 Å². The fourth-order valence-corrected chi connectivity index (χ4v) is 4.82. The molecule has 0 amide bonds. The molecule has 6 nitrogen and oxygen atoms in total. The Morgan fingerprint density at radius 3 is 1.32 bits per heavy atom. The van der Waals surface area contributed by atoms with E-state index in [0.717, 1.165) is 23.7 Å². The Morgan fingerprint density at radius 2 is 0.950 bits per heavy atom. The SMILES string of the molecule is O=Cc1cccc(O[C@H](COCc2ccccc2)[C@@H](COCc2ccccc2)Oc2cccc(C=O)c2Br)c1Br. The standard InChI is InChI=1S/C32H28Br2O6/c33-31-25(17-35)13-7-15-27(31)39-29(21-37-19-23-9-3-1-4-10-23)30(22-38-20-24-11-5-2-6-12-24)40-28-16-8-14-26(18-36)32(28)34/h1-18,29-30H,19-22H2/t29-,30-/m1/s1. The van der Waals surface area contributed by atoms with E-state index in [9.17, 15) is 9.59 Å². The van der Waals surface area contributed by atoms with Crippen molar-refractivity contribution >= 4 is 44.4 Å². The van der Waals surface area contributed by atoms with E-state index < -0.39 is 12.2 Å². The lowest BCUT2D eigenvalue weighted by Gasteiger charge is -2.29. The zero-order chi connectivity index (χ0) is 28.2. The summed E-state index contributed by atoms with van der Waals surface area (Å²) in [5.74, 6) is 0.936. The lowest BCUT2D eigenvalue weighted by Crippen LogP contribution is -2.43. The second-order valence-corrected chi connectivity index (χ2v) is 10.5. The second kappa shape index (κ2) is 15.5. The van der Waals surface area contributed by atoms with Gasteiger partial charge in [0, 0.05) is 11.1 Å². The summed E-state index contributed by atoms with van der Waals surface area (Å²) >= 11 is 6.98. The van der Waals surface area contributed by atoms with Crippen LogP contribution in [-0.4, -0.2) is 38.0 Å². The summed E-state index contributed by atoms with van der Waals surface area (Å²) in [6.45, 7) is 1.07. The monoisotopic (exact) mass is 666 g/mol. The van der Waals surface area contributed by atoms with Gasteiger partial charge in [0.1, 0.15) is 11.5 Å². The largest absolute Gasteiger partial charge is 0.483 e. The molecule has 4 rings (SSSR count). The van der Waals surface area contributed by atoms with Crippen molar-refractivity contribution in [1.82, 2.24) is 0 Å². The van der Waals surface area contributed by atoms with Gasteiger partial charge in [0.05, 0.1) is 35.4 Å². The van der Waals surface area contributed by atoms with E-state index in [1.54, 1.807) is 36.4 Å². The number of carbonyl (C=O) groups excluding carboxylic acids is 2. The summed E-state index contributed by atoms with van der Waals surface area (Å²) in [4.78, 5) is 23.1. The van der Waals surface area contributed by atoms with Gasteiger partial charge in [0.25, 0.3) is 0 Å². The number of halogens is 2. The van der Waals surface area contributed by atoms with E-state index in [4.69, 9.17) is 18.9 Å². The normalized spacial score (nSPS) is 12.3. The van der Waals surface area contributed by atoms with Gasteiger partial charge in [0.2, 0.25) is 0 Å². The minimum atomic E-state index is -0.649. The molecule has 0 saturated heterocycles. The topological polar surface area (TPSA) is 71.1 Å². The summed E-state index contributed by atoms with van der Waals surface area (Å²) < 4.78 is 26.1. The highest BCUT2D eigenvalue weighted by Gasteiger charge is 2.28. The molecule has 4 aromatic carbocycles. The molecule has 0 aromatic heterocycles. The molecule has 0 spiro atoms. The maximum Gasteiger partial charge on any atom is 0.161 e. The Hall–Kier alpha value is -3.30. The smallest absolute Gasteiger partial charge is 0.161 e. The van der Waals surface area contributed by atoms with E-state index in [2.05, 4.69) is 31.9 Å². The molecule has 40 heavy (non-hydrogen) atoms. The maximum absolute atomic E-state index is 11.6. The first-order chi connectivity index (χ1) is 19.6. The average molecular weight is 668 g/mol. The molecule has 0 fully saturated rings. The van der Waals surface area contributed by atoms with Crippen LogP contribution >= 0.6 is 31.9 Å². The first-order valence-corrected chi connectivity index (χ1v) is 14.2. The summed E-state index contributed by atoms with van der Waals surface area (Å²) in [6.07, 6.45) is 0.224. The van der Waals surface area contributed by atoms with E-state index in [0.29, 0.717) is 44.8 Å². The van der Waals surface area contributed by atoms with Gasteiger partial charge >= 0.3 is 0 Å². The van der Waals surface area contributed by atoms with Crippen LogP contribution in [0.15, 0.2) is 106 Å². The Bertz CT molecular complexity index is 1270. The van der Waals surface area contributed by atoms with E-state index in [-0.39, 0.29) is 13.2 Å². The van der Waals surface area contributed by atoms with E-state index in [1.165, 1.54) is 0 Å². The minimum absolute atomic E-state index is 0.164. The average Bonchev–Trinajstić information content (AvgIpc) is 2.99. The second-order valence-electron chi connectivity index (χ2n) is 8.87. The quantitative estimate of drug-likeness (QED) is 0.123. The van der Waals surface area contributed by atoms with Crippen LogP contribution in [0.3, 0.4) is 0 Å². The van der Waals surface area contributed by atoms with Gasteiger partial charge < -0.3 is 18.9 Å². The summed E-state index contributed by atoms with van der Waals surface area (Å²) in [6, 6.07) is 30.1. The predicted octanol–water partition coefficient (Wildman–Crippen LogP) is 7.47. The highest BCUT2D eigenvalue weighted by molar-refractivity contribution is 9.11. The van der Waals surface area contributed by atoms with Crippen LogP contribution in [-0.2, 0) is 22.7 Å². The van der Waals surface area contributed by atoms with Crippen molar-refractivity contribution in [2.75, 3.05) is 13.2 Å². The Kier molecular flexibility index (Phi) is 11.5. The number of hydrogen-bond donors (Lipinski definition) is 0. The first-order valence-electron chi connectivity index (χ1n) is 12.6. The van der Waals surface area contributed by atoms with Crippen molar-refractivity contribution in [3.8, 4) is 11.5 Å². The van der Waals surface area contributed by atoms with Gasteiger partial charge in [-0.1, -0.05) is 84.9 Å². The van der Waals surface area contributed by atoms with Crippen LogP contribution in [0, 0.1) is 0 Å². The fourth-order valence-electron chi connectivity index (χ4n) is 3.91. The summed E-state index contributed by atoms with van der Waals surface area (Å²) in [5, 5.41) is 0. The van der Waals surface area contributed by atoms with Gasteiger partial charge in [-0.2, -0.15) is 0 Å². The van der Waals surface area contributed by atoms with Crippen LogP contribution in [0.25, 0.3) is 0 Å². The molecular weight excluding hydrogens is 640 g/mol. The third-order valence-corrected chi connectivity index (χ3v) is 7.70. The predicted molar refractivity (Wildman–Crippen MR) is 160 cm³/mol. The van der Waals surface area contributed by atoms with Crippen LogP contribution in [0.4, 0.5) is 0 Å². The molecule has 0 aliphatic carbocycles. The van der Waals surface area contributed by atoms with Gasteiger partial charge in [-0.25, -0.2) is 0 Å². The van der Waals surface area contributed by atoms with E-state index in [1.807, 2.05) is 60.7 Å². The number of hydrogen-bond acceptors (Lipinski definition) is 6. The van der Waals surface area contributed by atoms with Crippen molar-refractivity contribution in [3.05, 3.63) is 128 Å². The van der Waals surface area contributed by atoms with Crippen molar-refractivity contribution < 1.29 is 28.5 Å². The van der Waals surface area contributed by atoms with Crippen molar-refractivity contribution in [3.63, 3.8) is 0 Å². The third-order valence-electron chi connectivity index (χ3n) is 6.00. The number of rotatable bonds is 15. The minimum Gasteiger partial charge on any atom is -0.483 e. The molecule has 0 saturated carbocycles. The zero-order valence-corrected chi connectivity index (χ0v) is 24.8. The number of ether oxygens (including phenoxy) is 4. The van der Waals surface area contributed by atoms with Crippen LogP contribution in [0.1, 0.15) is 31.8 Å². The molecular formula is C32H28Br2O6. The van der Waals surface area contributed by atoms with Crippen molar-refractivity contribution in [2.45, 2.75) is 25.4 Å². The highest BCUT2D eigenvalue weighted by atomic mass is 79.9. The molecule has 0 aliphatic rings. The van der Waals surface area contributed by atoms with Crippen molar-refractivity contribution in [2.24, 2.45) is 0 Å². The summed E-state index contributed by atoms with van der Waals surface area (Å²) in [5.41, 5.74) is 2.95. The molecule has 0 radical (unpaired) electrons. The van der Waals surface area contributed by atoms with Crippen LogP contribution < -0.4 is 9.47 Å². The number of benzene rings is 4. The van der Waals surface area contributed by atoms with Crippen molar-refractivity contribution in [1.29, 1.82) is 0 Å². The highest BCUT2D eigenvalue weighted by Crippen LogP contribution is 2.32. The molecule has 4 aromatic rings. The van der Waals surface area contributed by atoms with Gasteiger partial charge in [0.15, 0.2) is 24.8 Å². The Balaban J connectivity index is 1.61. The molecule has 0 bridgehead atoms. The number of aldehydes is 2. The molecule has 0 N–H and O–H groups in total. The molecule has 0 heterocycles. The van der Waals surface area contributed by atoms with Crippen LogP contribution in [0.5, 0.6) is 11.5 Å². The fraction of sp³-hybridized carbons (Fsp3) is 0.188. The van der Waals surface area contributed by atoms with Crippen LogP contribution in [0.2, 0.25) is 0 Å². The van der Waals surface area contributed by atoms with Gasteiger partial charge in [-0.3, -0.25) is 9.59 Å². The lowest BCUT2D eigenvalue weighted by atomic mass is 10.2. The Morgan fingerprint density at radius 1 is 0.550 bits per heavy atom. The zero-order valence-electron chi connectivity index (χ0n) is 21.6. The molecule has 2 atom stereocenters. The lowest BCUT2D eigenvalue weighted by molar-refractivity contribution is -0.0549. The molecule has 8 heteroatoms. The Labute approximate surface area is 250 Å². The third kappa shape index (κ3) is 8.35. The van der Waals surface area contributed by atoms with E-state index >= 15 is 0 Å². The molecule has 0 aliphatic heterocycles. The number of carbonyl (C=O) groups is 2. The van der Waals surface area contributed by atoms with Gasteiger partial charge in [-0.15, -0.1) is 0 Å². The maximum atomic E-state index is 11.6. The summed E-state index contributed by atoms with van der Waals surface area (Å²) in [7, 11) is 0. The first kappa shape index (κ1) is 29.7. The molecule has 206 valence electrons. The molecule has 0 unspecified atom stereocenters.